The number of hydrogen-bond acceptors (Lipinski definition) is 31. The van der Waals surface area contributed by atoms with Gasteiger partial charge in [0.2, 0.25) is 0 Å². The van der Waals surface area contributed by atoms with Gasteiger partial charge in [-0.15, -0.1) is 0 Å². The van der Waals surface area contributed by atoms with Gasteiger partial charge in [-0.1, -0.05) is 91.0 Å². The van der Waals surface area contributed by atoms with Crippen LogP contribution in [0.4, 0.5) is 0 Å². The van der Waals surface area contributed by atoms with Crippen molar-refractivity contribution >= 4 is 29.8 Å². The summed E-state index contributed by atoms with van der Waals surface area (Å²) in [5, 5.41) is 136. The molecule has 5 aromatic carbocycles. The number of rotatable bonds is 23. The minimum Gasteiger partial charge on any atom is -0.450 e. The third-order valence-electron chi connectivity index (χ3n) is 16.5. The van der Waals surface area contributed by atoms with E-state index in [0.29, 0.717) is 0 Å². The highest BCUT2D eigenvalue weighted by atomic mass is 16.8. The number of carbonyl (C=O) groups excluding carboxylic acids is 5. The van der Waals surface area contributed by atoms with Crippen molar-refractivity contribution in [3.63, 3.8) is 0 Å². The Morgan fingerprint density at radius 2 is 0.469 bits per heavy atom. The van der Waals surface area contributed by atoms with Crippen molar-refractivity contribution in [2.75, 3.05) is 33.0 Å². The minimum atomic E-state index is -2.33. The number of hydrogen-bond donors (Lipinski definition) is 12. The Hall–Kier alpha value is -7.39. The van der Waals surface area contributed by atoms with Crippen molar-refractivity contribution in [2.45, 2.75) is 154 Å². The van der Waals surface area contributed by atoms with Crippen LogP contribution in [-0.4, -0.2) is 278 Å². The lowest BCUT2D eigenvalue weighted by Crippen LogP contribution is -2.69. The van der Waals surface area contributed by atoms with Crippen molar-refractivity contribution in [1.29, 1.82) is 0 Å². The average molecular weight is 1350 g/mol. The number of carbonyl (C=O) groups is 5. The molecule has 5 heterocycles. The molecule has 5 fully saturated rings. The fraction of sp³-hybridized carbons (Fsp3) is 0.462. The summed E-state index contributed by atoms with van der Waals surface area (Å²) in [4.78, 5) is 70.4. The summed E-state index contributed by atoms with van der Waals surface area (Å²) in [6.07, 6.45) is -52.1. The molecule has 31 heteroatoms. The third-order valence-corrected chi connectivity index (χ3v) is 16.5. The van der Waals surface area contributed by atoms with E-state index in [1.165, 1.54) is 121 Å². The van der Waals surface area contributed by atoms with Gasteiger partial charge in [-0.2, -0.15) is 0 Å². The summed E-state index contributed by atoms with van der Waals surface area (Å²) in [7, 11) is 0. The topological polar surface area (TPSA) is 457 Å². The molecule has 0 bridgehead atoms. The SMILES string of the molecule is O=C(O[C@@H]1[C@@H](O[C@@H]2O[C@H](CO)[C@@H](O)[C@H](O[C@@H]3O[C@H](CO)[C@@H](O)[C@H](O[C@@H]4O[C@H](CO)[C@@H](O)[C@H](O[C@@H]5O[C@H](CO)[C@@H](O)[C@H](O)[C@H]5OC(=O)c5ccccc5)[C@H]4OC(=O)c4ccccc4)[C@H]3OC(=O)c3ccccc3)[C@H]2OC(=O)c2ccccc2)[C@H](O)[C@@H](CO)O[C@H]1O)c1ccccc1. The minimum absolute atomic E-state index is 0.0468. The highest BCUT2D eigenvalue weighted by Crippen LogP contribution is 2.40. The highest BCUT2D eigenvalue weighted by molar-refractivity contribution is 5.91. The van der Waals surface area contributed by atoms with E-state index in [9.17, 15) is 85.3 Å². The first-order valence-corrected chi connectivity index (χ1v) is 30.4. The van der Waals surface area contributed by atoms with E-state index >= 15 is 0 Å². The van der Waals surface area contributed by atoms with Gasteiger partial charge in [0.15, 0.2) is 62.0 Å². The summed E-state index contributed by atoms with van der Waals surface area (Å²) < 4.78 is 84.9. The van der Waals surface area contributed by atoms with E-state index in [0.717, 1.165) is 0 Å². The largest absolute Gasteiger partial charge is 0.450 e. The number of aliphatic hydroxyl groups is 12. The lowest BCUT2D eigenvalue weighted by Gasteiger charge is -2.51. The molecule has 5 aliphatic rings. The predicted molar refractivity (Wildman–Crippen MR) is 315 cm³/mol. The van der Waals surface area contributed by atoms with Crippen molar-refractivity contribution in [2.24, 2.45) is 0 Å². The van der Waals surface area contributed by atoms with Crippen LogP contribution >= 0.6 is 0 Å². The molecule has 0 unspecified atom stereocenters. The van der Waals surface area contributed by atoms with Crippen LogP contribution in [-0.2, 0) is 66.3 Å². The van der Waals surface area contributed by atoms with Gasteiger partial charge in [-0.05, 0) is 60.7 Å². The number of esters is 5. The van der Waals surface area contributed by atoms with Crippen molar-refractivity contribution < 1.29 is 152 Å². The van der Waals surface area contributed by atoms with Gasteiger partial charge in [0.25, 0.3) is 0 Å². The Morgan fingerprint density at radius 1 is 0.260 bits per heavy atom. The van der Waals surface area contributed by atoms with Gasteiger partial charge in [0.1, 0.15) is 91.6 Å². The molecule has 0 spiro atoms. The van der Waals surface area contributed by atoms with Crippen LogP contribution in [0.25, 0.3) is 0 Å². The van der Waals surface area contributed by atoms with Crippen LogP contribution in [0.5, 0.6) is 0 Å². The molecule has 0 radical (unpaired) electrons. The molecule has 31 nitrogen and oxygen atoms in total. The predicted octanol–water partition coefficient (Wildman–Crippen LogP) is -2.60. The molecule has 12 N–H and O–H groups in total. The summed E-state index contributed by atoms with van der Waals surface area (Å²) in [6, 6.07) is 35.9. The molecule has 5 saturated heterocycles. The van der Waals surface area contributed by atoms with Gasteiger partial charge >= 0.3 is 29.8 Å². The molecule has 25 atom stereocenters. The zero-order chi connectivity index (χ0) is 68.3. The second kappa shape index (κ2) is 32.8. The van der Waals surface area contributed by atoms with Crippen LogP contribution in [0.1, 0.15) is 51.8 Å². The van der Waals surface area contributed by atoms with E-state index in [-0.39, 0.29) is 27.8 Å². The van der Waals surface area contributed by atoms with Gasteiger partial charge < -0.3 is 128 Å². The summed E-state index contributed by atoms with van der Waals surface area (Å²) in [5.74, 6) is -5.76. The first-order chi connectivity index (χ1) is 46.4. The molecular formula is C65H72O31. The summed E-state index contributed by atoms with van der Waals surface area (Å²) in [6.45, 7) is -5.34. The average Bonchev–Trinajstić information content (AvgIpc) is 0.767. The zero-order valence-electron chi connectivity index (χ0n) is 50.5. The Bertz CT molecular complexity index is 3310. The fourth-order valence-corrected chi connectivity index (χ4v) is 11.4. The van der Waals surface area contributed by atoms with E-state index in [1.807, 2.05) is 0 Å². The Balaban J connectivity index is 1.05. The van der Waals surface area contributed by atoms with Crippen LogP contribution in [0.3, 0.4) is 0 Å². The molecule has 5 aliphatic heterocycles. The molecule has 518 valence electrons. The van der Waals surface area contributed by atoms with Gasteiger partial charge in [0.05, 0.1) is 60.9 Å². The van der Waals surface area contributed by atoms with Crippen LogP contribution in [0.15, 0.2) is 152 Å². The van der Waals surface area contributed by atoms with Gasteiger partial charge in [-0.3, -0.25) is 0 Å². The van der Waals surface area contributed by atoms with Crippen LogP contribution in [0, 0.1) is 0 Å². The zero-order valence-corrected chi connectivity index (χ0v) is 50.5. The first-order valence-electron chi connectivity index (χ1n) is 30.4. The molecule has 0 saturated carbocycles. The van der Waals surface area contributed by atoms with Crippen LogP contribution in [0.2, 0.25) is 0 Å². The van der Waals surface area contributed by atoms with Crippen LogP contribution < -0.4 is 0 Å². The van der Waals surface area contributed by atoms with E-state index in [2.05, 4.69) is 0 Å². The number of aliphatic hydroxyl groups excluding tert-OH is 12. The molecular weight excluding hydrogens is 1280 g/mol. The Morgan fingerprint density at radius 3 is 0.729 bits per heavy atom. The lowest BCUT2D eigenvalue weighted by atomic mass is 9.94. The summed E-state index contributed by atoms with van der Waals surface area (Å²) >= 11 is 0. The molecule has 5 aromatic rings. The number of benzene rings is 5. The maximum Gasteiger partial charge on any atom is 0.338 e. The van der Waals surface area contributed by atoms with Crippen molar-refractivity contribution in [3.8, 4) is 0 Å². The molecule has 0 aromatic heterocycles. The summed E-state index contributed by atoms with van der Waals surface area (Å²) in [5.41, 5.74) is -0.567. The Labute approximate surface area is 545 Å². The smallest absolute Gasteiger partial charge is 0.338 e. The molecule has 0 amide bonds. The van der Waals surface area contributed by atoms with Crippen molar-refractivity contribution in [3.05, 3.63) is 179 Å². The third kappa shape index (κ3) is 16.1. The molecule has 10 rings (SSSR count). The first kappa shape index (κ1) is 71.4. The molecule has 0 aliphatic carbocycles. The highest BCUT2D eigenvalue weighted by Gasteiger charge is 2.60. The van der Waals surface area contributed by atoms with E-state index in [1.54, 1.807) is 30.3 Å². The Kier molecular flexibility index (Phi) is 24.4. The maximum absolute atomic E-state index is 14.5. The number of ether oxygens (including phenoxy) is 14. The maximum atomic E-state index is 14.5. The quantitative estimate of drug-likeness (QED) is 0.0236. The monoisotopic (exact) mass is 1350 g/mol. The van der Waals surface area contributed by atoms with Crippen molar-refractivity contribution in [1.82, 2.24) is 0 Å². The van der Waals surface area contributed by atoms with Gasteiger partial charge in [0, 0.05) is 0 Å². The standard InChI is InChI=1S/C65H72O31/c66-26-36-41(71)46(76)51(88-56(77)31-16-6-1-7-17-31)62(84-36)94-48-43(73)38(28-68)86-64(53(48)90-58(79)33-20-10-3-11-21-33)96-50-45(75)40(30-70)87-65(55(50)92-60(81)35-24-14-5-15-25-35)95-49-44(74)39(29-69)85-63(54(49)91-59(80)34-22-12-4-13-23-34)93-47-42(72)37(27-67)83-61(82)52(47)89-57(78)32-18-8-2-9-19-32/h1-25,36-55,61-76,82H,26-30H2/t36-,37-,38-,39-,40-,41-,42-,43-,44-,45-,46+,47+,48+,49+,50+,51-,52-,53-,54-,55-,61-,62+,63+,64+,65+/m1/s1. The lowest BCUT2D eigenvalue weighted by molar-refractivity contribution is -0.393. The van der Waals surface area contributed by atoms with E-state index < -0.39 is 216 Å². The van der Waals surface area contributed by atoms with E-state index in [4.69, 9.17) is 66.3 Å². The molecule has 96 heavy (non-hydrogen) atoms. The normalized spacial score (nSPS) is 35.4. The second-order valence-corrected chi connectivity index (χ2v) is 22.7. The second-order valence-electron chi connectivity index (χ2n) is 22.7. The van der Waals surface area contributed by atoms with Gasteiger partial charge in [-0.25, -0.2) is 24.0 Å². The fourth-order valence-electron chi connectivity index (χ4n) is 11.4.